The summed E-state index contributed by atoms with van der Waals surface area (Å²) < 4.78 is 1.69. The summed E-state index contributed by atoms with van der Waals surface area (Å²) in [7, 11) is 1.81. The molecule has 1 amide bonds. The lowest BCUT2D eigenvalue weighted by Gasteiger charge is -2.34. The van der Waals surface area contributed by atoms with Gasteiger partial charge < -0.3 is 10.0 Å². The SMILES string of the molecule is CN(CC1CC(O)C1)C(=O)c1cc(Br)ccc1Br. The molecule has 1 aliphatic rings. The minimum atomic E-state index is -0.170. The van der Waals surface area contributed by atoms with Crippen molar-refractivity contribution in [3.63, 3.8) is 0 Å². The van der Waals surface area contributed by atoms with Crippen molar-refractivity contribution in [1.29, 1.82) is 0 Å². The maximum Gasteiger partial charge on any atom is 0.254 e. The Hall–Kier alpha value is -0.390. The van der Waals surface area contributed by atoms with Crippen LogP contribution in [0.15, 0.2) is 27.1 Å². The highest BCUT2D eigenvalue weighted by atomic mass is 79.9. The van der Waals surface area contributed by atoms with Gasteiger partial charge in [-0.25, -0.2) is 0 Å². The number of hydrogen-bond donors (Lipinski definition) is 1. The van der Waals surface area contributed by atoms with Crippen LogP contribution in [-0.4, -0.2) is 35.6 Å². The molecule has 1 aromatic rings. The second kappa shape index (κ2) is 5.72. The number of carbonyl (C=O) groups is 1. The average Bonchev–Trinajstić information content (AvgIpc) is 2.29. The van der Waals surface area contributed by atoms with Gasteiger partial charge in [0, 0.05) is 22.5 Å². The molecule has 1 aromatic carbocycles. The Morgan fingerprint density at radius 1 is 1.44 bits per heavy atom. The minimum absolute atomic E-state index is 0.00423. The monoisotopic (exact) mass is 375 g/mol. The van der Waals surface area contributed by atoms with E-state index in [0.29, 0.717) is 18.0 Å². The van der Waals surface area contributed by atoms with Gasteiger partial charge in [0.25, 0.3) is 5.91 Å². The first-order chi connectivity index (χ1) is 8.47. The van der Waals surface area contributed by atoms with E-state index in [4.69, 9.17) is 0 Å². The minimum Gasteiger partial charge on any atom is -0.393 e. The van der Waals surface area contributed by atoms with Crippen molar-refractivity contribution in [2.45, 2.75) is 18.9 Å². The first-order valence-corrected chi connectivity index (χ1v) is 7.44. The molecule has 0 saturated heterocycles. The fraction of sp³-hybridized carbons (Fsp3) is 0.462. The molecule has 98 valence electrons. The molecular weight excluding hydrogens is 362 g/mol. The van der Waals surface area contributed by atoms with Crippen molar-refractivity contribution < 1.29 is 9.90 Å². The van der Waals surface area contributed by atoms with Crippen LogP contribution in [0.25, 0.3) is 0 Å². The summed E-state index contributed by atoms with van der Waals surface area (Å²) in [6.07, 6.45) is 1.44. The summed E-state index contributed by atoms with van der Waals surface area (Å²) in [5.41, 5.74) is 0.659. The molecular formula is C13H15Br2NO2. The van der Waals surface area contributed by atoms with Gasteiger partial charge in [0.1, 0.15) is 0 Å². The number of nitrogens with zero attached hydrogens (tertiary/aromatic N) is 1. The molecule has 3 nitrogen and oxygen atoms in total. The Bertz CT molecular complexity index is 458. The van der Waals surface area contributed by atoms with Crippen molar-refractivity contribution in [3.05, 3.63) is 32.7 Å². The molecule has 0 spiro atoms. The maximum absolute atomic E-state index is 12.3. The zero-order valence-corrected chi connectivity index (χ0v) is 13.2. The molecule has 0 unspecified atom stereocenters. The van der Waals surface area contributed by atoms with Gasteiger partial charge in [0.15, 0.2) is 0 Å². The highest BCUT2D eigenvalue weighted by Crippen LogP contribution is 2.29. The van der Waals surface area contributed by atoms with Crippen molar-refractivity contribution >= 4 is 37.8 Å². The van der Waals surface area contributed by atoms with E-state index in [1.54, 1.807) is 11.9 Å². The lowest BCUT2D eigenvalue weighted by atomic mass is 9.82. The summed E-state index contributed by atoms with van der Waals surface area (Å²) in [6, 6.07) is 5.57. The van der Waals surface area contributed by atoms with Crippen molar-refractivity contribution in [2.75, 3.05) is 13.6 Å². The van der Waals surface area contributed by atoms with Crippen LogP contribution in [0.2, 0.25) is 0 Å². The Kier molecular flexibility index (Phi) is 4.45. The van der Waals surface area contributed by atoms with Gasteiger partial charge in [-0.1, -0.05) is 15.9 Å². The number of halogens is 2. The number of aliphatic hydroxyl groups excluding tert-OH is 1. The summed E-state index contributed by atoms with van der Waals surface area (Å²) in [6.45, 7) is 0.703. The van der Waals surface area contributed by atoms with Gasteiger partial charge in [0.05, 0.1) is 11.7 Å². The second-order valence-corrected chi connectivity index (χ2v) is 6.57. The van der Waals surface area contributed by atoms with Crippen LogP contribution in [0.3, 0.4) is 0 Å². The summed E-state index contributed by atoms with van der Waals surface area (Å²) in [4.78, 5) is 14.0. The van der Waals surface area contributed by atoms with Gasteiger partial charge in [-0.2, -0.15) is 0 Å². The first kappa shape index (κ1) is 14.0. The molecule has 0 radical (unpaired) electrons. The quantitative estimate of drug-likeness (QED) is 0.880. The third kappa shape index (κ3) is 3.13. The van der Waals surface area contributed by atoms with Crippen LogP contribution in [0.5, 0.6) is 0 Å². The topological polar surface area (TPSA) is 40.5 Å². The highest BCUT2D eigenvalue weighted by molar-refractivity contribution is 9.11. The van der Waals surface area contributed by atoms with E-state index in [0.717, 1.165) is 21.8 Å². The number of amides is 1. The molecule has 1 saturated carbocycles. The molecule has 0 aliphatic heterocycles. The summed E-state index contributed by atoms with van der Waals surface area (Å²) in [5, 5.41) is 9.25. The zero-order chi connectivity index (χ0) is 13.3. The van der Waals surface area contributed by atoms with Crippen LogP contribution in [-0.2, 0) is 0 Å². The molecule has 0 bridgehead atoms. The van der Waals surface area contributed by atoms with Crippen molar-refractivity contribution in [1.82, 2.24) is 4.90 Å². The lowest BCUT2D eigenvalue weighted by Crippen LogP contribution is -2.39. The van der Waals surface area contributed by atoms with Gasteiger partial charge >= 0.3 is 0 Å². The Balaban J connectivity index is 2.03. The predicted octanol–water partition coefficient (Wildman–Crippen LogP) is 3.05. The van der Waals surface area contributed by atoms with Gasteiger partial charge in [0.2, 0.25) is 0 Å². The van der Waals surface area contributed by atoms with Crippen LogP contribution in [0, 0.1) is 5.92 Å². The lowest BCUT2D eigenvalue weighted by molar-refractivity contribution is 0.0265. The average molecular weight is 377 g/mol. The Labute approximate surface area is 123 Å². The molecule has 1 N–H and O–H groups in total. The molecule has 0 aromatic heterocycles. The van der Waals surface area contributed by atoms with E-state index in [2.05, 4.69) is 31.9 Å². The molecule has 0 atom stereocenters. The van der Waals surface area contributed by atoms with E-state index in [9.17, 15) is 9.90 Å². The Morgan fingerprint density at radius 2 is 2.11 bits per heavy atom. The molecule has 5 heteroatoms. The number of benzene rings is 1. The standard InChI is InChI=1S/C13H15Br2NO2/c1-16(7-8-4-10(17)5-8)13(18)11-6-9(14)2-3-12(11)15/h2-3,6,8,10,17H,4-5,7H2,1H3. The van der Waals surface area contributed by atoms with Crippen LogP contribution in [0.4, 0.5) is 0 Å². The number of carbonyl (C=O) groups excluding carboxylic acids is 1. The zero-order valence-electron chi connectivity index (χ0n) is 10.1. The number of rotatable bonds is 3. The van der Waals surface area contributed by atoms with Gasteiger partial charge in [-0.3, -0.25) is 4.79 Å². The van der Waals surface area contributed by atoms with Crippen molar-refractivity contribution in [2.24, 2.45) is 5.92 Å². The molecule has 1 fully saturated rings. The molecule has 2 rings (SSSR count). The van der Waals surface area contributed by atoms with Crippen LogP contribution in [0.1, 0.15) is 23.2 Å². The van der Waals surface area contributed by atoms with Gasteiger partial charge in [-0.15, -0.1) is 0 Å². The molecule has 18 heavy (non-hydrogen) atoms. The molecule has 0 heterocycles. The highest BCUT2D eigenvalue weighted by Gasteiger charge is 2.29. The summed E-state index contributed by atoms with van der Waals surface area (Å²) in [5.74, 6) is 0.435. The fourth-order valence-electron chi connectivity index (χ4n) is 2.19. The van der Waals surface area contributed by atoms with E-state index >= 15 is 0 Å². The van der Waals surface area contributed by atoms with E-state index < -0.39 is 0 Å². The van der Waals surface area contributed by atoms with E-state index in [1.807, 2.05) is 18.2 Å². The fourth-order valence-corrected chi connectivity index (χ4v) is 2.96. The third-order valence-electron chi connectivity index (χ3n) is 3.25. The van der Waals surface area contributed by atoms with E-state index in [-0.39, 0.29) is 12.0 Å². The largest absolute Gasteiger partial charge is 0.393 e. The second-order valence-electron chi connectivity index (χ2n) is 4.80. The molecule has 1 aliphatic carbocycles. The van der Waals surface area contributed by atoms with E-state index in [1.165, 1.54) is 0 Å². The number of aliphatic hydroxyl groups is 1. The van der Waals surface area contributed by atoms with Crippen LogP contribution >= 0.6 is 31.9 Å². The first-order valence-electron chi connectivity index (χ1n) is 5.86. The van der Waals surface area contributed by atoms with Crippen LogP contribution < -0.4 is 0 Å². The normalized spacial score (nSPS) is 22.4. The number of hydrogen-bond acceptors (Lipinski definition) is 2. The predicted molar refractivity (Wildman–Crippen MR) is 77.5 cm³/mol. The Morgan fingerprint density at radius 3 is 2.72 bits per heavy atom. The smallest absolute Gasteiger partial charge is 0.254 e. The van der Waals surface area contributed by atoms with Gasteiger partial charge in [-0.05, 0) is 52.9 Å². The maximum atomic E-state index is 12.3. The third-order valence-corrected chi connectivity index (χ3v) is 4.43. The van der Waals surface area contributed by atoms with Crippen molar-refractivity contribution in [3.8, 4) is 0 Å². The summed E-state index contributed by atoms with van der Waals surface area (Å²) >= 11 is 6.77.